The number of benzene rings is 3. The number of phenolic OH excluding ortho intramolecular Hbond substituents is 1. The van der Waals surface area contributed by atoms with Gasteiger partial charge in [0.2, 0.25) is 0 Å². The number of nitrogens with one attached hydrogen (secondary N) is 1. The molecule has 6 N–H and O–H groups in total. The Kier molecular flexibility index (Phi) is 11.9. The van der Waals surface area contributed by atoms with E-state index in [0.29, 0.717) is 72.0 Å². The summed E-state index contributed by atoms with van der Waals surface area (Å²) >= 11 is 0. The number of ketones is 1. The molecular formula is C49H55NO10. The van der Waals surface area contributed by atoms with E-state index >= 15 is 4.79 Å². The summed E-state index contributed by atoms with van der Waals surface area (Å²) in [7, 11) is 0. The molecule has 8 atom stereocenters. The van der Waals surface area contributed by atoms with E-state index in [1.54, 1.807) is 19.1 Å². The summed E-state index contributed by atoms with van der Waals surface area (Å²) < 4.78 is 12.3. The van der Waals surface area contributed by atoms with Crippen LogP contribution in [0.5, 0.6) is 11.5 Å². The van der Waals surface area contributed by atoms with E-state index in [9.17, 15) is 35.1 Å². The Bertz CT molecular complexity index is 2280. The van der Waals surface area contributed by atoms with Crippen molar-refractivity contribution in [3.05, 3.63) is 98.6 Å². The summed E-state index contributed by atoms with van der Waals surface area (Å²) in [5.74, 6) is 3.52. The molecule has 316 valence electrons. The number of hydrogen-bond acceptors (Lipinski definition) is 11. The maximum absolute atomic E-state index is 15.3. The van der Waals surface area contributed by atoms with Crippen LogP contribution in [-0.2, 0) is 51.4 Å². The number of anilines is 1. The molecule has 9 bridgehead atoms. The molecule has 3 aromatic carbocycles. The van der Waals surface area contributed by atoms with Gasteiger partial charge in [-0.05, 0) is 115 Å². The lowest BCUT2D eigenvalue weighted by Crippen LogP contribution is -2.54. The molecule has 0 unspecified atom stereocenters. The maximum Gasteiger partial charge on any atom is 0.334 e. The smallest absolute Gasteiger partial charge is 0.334 e. The first kappa shape index (κ1) is 41.7. The lowest BCUT2D eigenvalue weighted by Gasteiger charge is -2.45. The lowest BCUT2D eigenvalue weighted by molar-refractivity contribution is -0.176. The predicted octanol–water partition coefficient (Wildman–Crippen LogP) is 5.63. The number of carbonyl (C=O) groups is 3. The maximum atomic E-state index is 15.3. The number of aliphatic hydroxyl groups excluding tert-OH is 3. The summed E-state index contributed by atoms with van der Waals surface area (Å²) in [6.45, 7) is 3.58. The number of carbonyl (C=O) groups excluding carboxylic acids is 3. The van der Waals surface area contributed by atoms with Crippen molar-refractivity contribution in [2.75, 3.05) is 11.9 Å². The van der Waals surface area contributed by atoms with Gasteiger partial charge in [0.1, 0.15) is 29.0 Å². The second-order valence-corrected chi connectivity index (χ2v) is 17.7. The lowest BCUT2D eigenvalue weighted by atomic mass is 9.66. The van der Waals surface area contributed by atoms with Gasteiger partial charge in [-0.15, -0.1) is 0 Å². The van der Waals surface area contributed by atoms with Crippen molar-refractivity contribution in [2.45, 2.75) is 133 Å². The van der Waals surface area contributed by atoms with Gasteiger partial charge in [-0.1, -0.05) is 49.5 Å². The minimum absolute atomic E-state index is 0.00364. The molecule has 11 heteroatoms. The van der Waals surface area contributed by atoms with Crippen LogP contribution < -0.4 is 10.1 Å². The van der Waals surface area contributed by atoms with Gasteiger partial charge in [0.25, 0.3) is 0 Å². The Morgan fingerprint density at radius 2 is 1.73 bits per heavy atom. The predicted molar refractivity (Wildman–Crippen MR) is 223 cm³/mol. The van der Waals surface area contributed by atoms with Crippen molar-refractivity contribution in [2.24, 2.45) is 11.8 Å². The number of phenols is 1. The SMILES string of the molecule is CCC[C@]1(O)[C@H]2CCC(=O)[C@@H](Cc3ccc4c(c3)C[C@H](O)/C(=C3/C[C@@H](c5cc(CO)cc(NC[C@H](C)O)c5)C#C[C@H]5CC(=O)Oc6cc(O)c(cc65)C[C@H]1OC3=O)CC4)C2. The minimum atomic E-state index is -1.61. The normalized spacial score (nSPS) is 29.3. The summed E-state index contributed by atoms with van der Waals surface area (Å²) in [5.41, 5.74) is 4.97. The summed E-state index contributed by atoms with van der Waals surface area (Å²) in [6.07, 6.45) is 0.503. The van der Waals surface area contributed by atoms with Crippen LogP contribution in [-0.4, -0.2) is 73.7 Å². The highest BCUT2D eigenvalue weighted by Crippen LogP contribution is 2.46. The molecule has 8 rings (SSSR count). The third kappa shape index (κ3) is 8.48. The average molecular weight is 818 g/mol. The van der Waals surface area contributed by atoms with Gasteiger partial charge in [0, 0.05) is 60.5 Å². The first-order chi connectivity index (χ1) is 28.8. The second-order valence-electron chi connectivity index (χ2n) is 17.7. The molecular weight excluding hydrogens is 763 g/mol. The van der Waals surface area contributed by atoms with Gasteiger partial charge in [-0.2, -0.15) is 0 Å². The molecule has 2 aliphatic carbocycles. The molecule has 3 aliphatic heterocycles. The van der Waals surface area contributed by atoms with Crippen LogP contribution in [0.15, 0.2) is 59.7 Å². The van der Waals surface area contributed by atoms with Crippen molar-refractivity contribution in [3.63, 3.8) is 0 Å². The Balaban J connectivity index is 1.37. The zero-order valence-corrected chi connectivity index (χ0v) is 34.3. The molecule has 1 saturated carbocycles. The third-order valence-electron chi connectivity index (χ3n) is 13.4. The number of ether oxygens (including phenoxy) is 2. The number of Topliss-reactive ketones (excluding diaryl/α,β-unsaturated/α-hetero) is 1. The molecule has 3 heterocycles. The van der Waals surface area contributed by atoms with Crippen LogP contribution >= 0.6 is 0 Å². The summed E-state index contributed by atoms with van der Waals surface area (Å²) in [4.78, 5) is 41.9. The third-order valence-corrected chi connectivity index (χ3v) is 13.4. The largest absolute Gasteiger partial charge is 0.508 e. The van der Waals surface area contributed by atoms with Gasteiger partial charge in [-0.3, -0.25) is 9.59 Å². The first-order valence-electron chi connectivity index (χ1n) is 21.5. The number of esters is 2. The second kappa shape index (κ2) is 17.2. The fourth-order valence-corrected chi connectivity index (χ4v) is 10.3. The van der Waals surface area contributed by atoms with Gasteiger partial charge in [-0.25, -0.2) is 4.79 Å². The number of fused-ring (bicyclic) bond motifs is 9. The molecule has 0 amide bonds. The van der Waals surface area contributed by atoms with E-state index < -0.39 is 53.6 Å². The highest BCUT2D eigenvalue weighted by Gasteiger charge is 2.49. The molecule has 11 nitrogen and oxygen atoms in total. The summed E-state index contributed by atoms with van der Waals surface area (Å²) in [5, 5.41) is 60.5. The molecule has 60 heavy (non-hydrogen) atoms. The van der Waals surface area contributed by atoms with Crippen molar-refractivity contribution >= 4 is 23.4 Å². The van der Waals surface area contributed by atoms with Gasteiger partial charge < -0.3 is 40.3 Å². The molecule has 1 fully saturated rings. The van der Waals surface area contributed by atoms with E-state index in [1.165, 1.54) is 6.07 Å². The van der Waals surface area contributed by atoms with Crippen LogP contribution in [0.1, 0.15) is 116 Å². The topological polar surface area (TPSA) is 183 Å². The van der Waals surface area contributed by atoms with Crippen molar-refractivity contribution < 1.29 is 49.4 Å². The van der Waals surface area contributed by atoms with E-state index in [1.807, 2.05) is 19.1 Å². The Morgan fingerprint density at radius 1 is 0.917 bits per heavy atom. The average Bonchev–Trinajstić information content (AvgIpc) is 3.37. The fourth-order valence-electron chi connectivity index (χ4n) is 10.3. The first-order valence-corrected chi connectivity index (χ1v) is 21.5. The van der Waals surface area contributed by atoms with Crippen LogP contribution in [0.2, 0.25) is 0 Å². The Labute approximate surface area is 350 Å². The monoisotopic (exact) mass is 817 g/mol. The van der Waals surface area contributed by atoms with Gasteiger partial charge >= 0.3 is 11.9 Å². The number of rotatable bonds is 7. The molecule has 5 aliphatic rings. The highest BCUT2D eigenvalue weighted by atomic mass is 16.6. The van der Waals surface area contributed by atoms with Crippen LogP contribution in [0.4, 0.5) is 5.69 Å². The minimum Gasteiger partial charge on any atom is -0.508 e. The standard InChI is InChI=1S/C49H55NO10/c1-3-12-49(58)37-9-11-42(53)35(17-37)14-28-4-5-30-8-10-39(44(55)21-34(30)13-28)41-19-31(33-15-29(26-51)16-38(18-33)50-25-27(2)52)6-7-32-23-47(56)59-45-24-43(54)36(20-40(32)45)22-46(49)60-48(41)57/h4-5,13,15-16,18,20,24,27,31-32,35,37,44,46,50-52,54-55,58H,3,8-12,14,17,19,21-23,25-26H2,1-2H3/b41-39-/t27-,31-,32-,35-,37-,44-,46+,49-/m0/s1. The van der Waals surface area contributed by atoms with Crippen LogP contribution in [0.25, 0.3) is 0 Å². The van der Waals surface area contributed by atoms with Gasteiger partial charge in [0.15, 0.2) is 0 Å². The number of aliphatic hydroxyl groups is 4. The van der Waals surface area contributed by atoms with Crippen molar-refractivity contribution in [3.8, 4) is 23.3 Å². The van der Waals surface area contributed by atoms with E-state index in [-0.39, 0.29) is 80.4 Å². The number of hydrogen-bond donors (Lipinski definition) is 6. The quantitative estimate of drug-likeness (QED) is 0.0988. The fraction of sp³-hybridized carbons (Fsp3) is 0.490. The molecule has 3 aromatic rings. The molecule has 0 aromatic heterocycles. The van der Waals surface area contributed by atoms with Crippen molar-refractivity contribution in [1.29, 1.82) is 0 Å². The van der Waals surface area contributed by atoms with Gasteiger partial charge in [0.05, 0.1) is 31.2 Å². The molecule has 0 saturated heterocycles. The zero-order valence-electron chi connectivity index (χ0n) is 34.3. The van der Waals surface area contributed by atoms with Crippen LogP contribution in [0.3, 0.4) is 0 Å². The van der Waals surface area contributed by atoms with E-state index in [0.717, 1.165) is 16.7 Å². The van der Waals surface area contributed by atoms with Crippen molar-refractivity contribution in [1.82, 2.24) is 0 Å². The molecule has 0 spiro atoms. The Hall–Kier alpha value is -4.99. The van der Waals surface area contributed by atoms with E-state index in [2.05, 4.69) is 35.4 Å². The zero-order chi connectivity index (χ0) is 42.3. The number of aryl methyl sites for hydroxylation is 1. The highest BCUT2D eigenvalue weighted by molar-refractivity contribution is 5.90. The van der Waals surface area contributed by atoms with E-state index in [4.69, 9.17) is 9.47 Å². The molecule has 0 radical (unpaired) electrons. The van der Waals surface area contributed by atoms with Crippen LogP contribution in [0, 0.1) is 23.7 Å². The summed E-state index contributed by atoms with van der Waals surface area (Å²) in [6, 6.07) is 14.8. The Morgan fingerprint density at radius 3 is 2.52 bits per heavy atom. The number of aromatic hydroxyl groups is 1.